The highest BCUT2D eigenvalue weighted by atomic mass is 32.2. The molecule has 0 atom stereocenters. The van der Waals surface area contributed by atoms with Crippen molar-refractivity contribution in [1.82, 2.24) is 9.78 Å². The van der Waals surface area contributed by atoms with E-state index in [1.807, 2.05) is 43.3 Å². The van der Waals surface area contributed by atoms with E-state index in [0.717, 1.165) is 11.1 Å². The number of hydrogen-bond acceptors (Lipinski definition) is 4. The van der Waals surface area contributed by atoms with Crippen molar-refractivity contribution >= 4 is 15.7 Å². The average Bonchev–Trinajstić information content (AvgIpc) is 3.12. The largest absolute Gasteiger partial charge is 0.495 e. The lowest BCUT2D eigenvalue weighted by molar-refractivity contribution is 0.417. The number of methoxy groups -OCH3 is 1. The van der Waals surface area contributed by atoms with Gasteiger partial charge in [-0.2, -0.15) is 5.10 Å². The van der Waals surface area contributed by atoms with Crippen molar-refractivity contribution in [2.45, 2.75) is 18.4 Å². The van der Waals surface area contributed by atoms with Gasteiger partial charge in [0.25, 0.3) is 10.0 Å². The summed E-state index contributed by atoms with van der Waals surface area (Å²) in [4.78, 5) is 0.113. The second-order valence-electron chi connectivity index (χ2n) is 5.42. The van der Waals surface area contributed by atoms with Crippen LogP contribution in [-0.4, -0.2) is 25.3 Å². The maximum Gasteiger partial charge on any atom is 0.265 e. The second kappa shape index (κ2) is 6.98. The molecule has 2 aromatic carbocycles. The molecule has 1 N–H and O–H groups in total. The summed E-state index contributed by atoms with van der Waals surface area (Å²) in [6.45, 7) is 2.49. The number of benzene rings is 2. The van der Waals surface area contributed by atoms with Gasteiger partial charge in [0.1, 0.15) is 10.6 Å². The van der Waals surface area contributed by atoms with E-state index in [9.17, 15) is 8.42 Å². The molecule has 0 aliphatic heterocycles. The average molecular weight is 357 g/mol. The second-order valence-corrected chi connectivity index (χ2v) is 7.10. The number of aryl methyl sites for hydroxylation is 1. The first-order valence-electron chi connectivity index (χ1n) is 7.82. The smallest absolute Gasteiger partial charge is 0.265 e. The molecule has 3 rings (SSSR count). The van der Waals surface area contributed by atoms with Crippen molar-refractivity contribution in [2.75, 3.05) is 11.8 Å². The van der Waals surface area contributed by atoms with Gasteiger partial charge in [-0.05, 0) is 30.2 Å². The minimum Gasteiger partial charge on any atom is -0.495 e. The van der Waals surface area contributed by atoms with E-state index in [-0.39, 0.29) is 4.90 Å². The Hall–Kier alpha value is -2.80. The number of anilines is 1. The Kier molecular flexibility index (Phi) is 4.76. The molecule has 0 radical (unpaired) electrons. The van der Waals surface area contributed by atoms with Crippen LogP contribution in [0.1, 0.15) is 6.92 Å². The molecule has 6 nitrogen and oxygen atoms in total. The van der Waals surface area contributed by atoms with Crippen LogP contribution in [0.3, 0.4) is 0 Å². The molecular weight excluding hydrogens is 338 g/mol. The highest BCUT2D eigenvalue weighted by molar-refractivity contribution is 7.92. The molecule has 3 aromatic rings. The molecule has 0 aliphatic carbocycles. The molecule has 7 heteroatoms. The lowest BCUT2D eigenvalue weighted by Crippen LogP contribution is -2.13. The standard InChI is InChI=1S/C18H19N3O3S/c1-3-21-13-16(12-19-21)25(22,23)20-17-11-15(9-10-18(17)24-2)14-7-5-4-6-8-14/h4-13,20H,3H2,1-2H3. The molecule has 0 bridgehead atoms. The van der Waals surface area contributed by atoms with Crippen molar-refractivity contribution in [1.29, 1.82) is 0 Å². The molecule has 1 heterocycles. The number of nitrogens with one attached hydrogen (secondary N) is 1. The van der Waals surface area contributed by atoms with Crippen LogP contribution in [0.2, 0.25) is 0 Å². The van der Waals surface area contributed by atoms with E-state index < -0.39 is 10.0 Å². The number of aromatic nitrogens is 2. The van der Waals surface area contributed by atoms with Crippen LogP contribution in [0.5, 0.6) is 5.75 Å². The zero-order valence-electron chi connectivity index (χ0n) is 14.0. The van der Waals surface area contributed by atoms with Crippen LogP contribution in [0.4, 0.5) is 5.69 Å². The third kappa shape index (κ3) is 3.66. The monoisotopic (exact) mass is 357 g/mol. The maximum atomic E-state index is 12.6. The van der Waals surface area contributed by atoms with Crippen molar-refractivity contribution < 1.29 is 13.2 Å². The molecule has 0 saturated heterocycles. The zero-order valence-corrected chi connectivity index (χ0v) is 14.8. The molecular formula is C18H19N3O3S. The first kappa shape index (κ1) is 17.0. The Morgan fingerprint density at radius 3 is 2.52 bits per heavy atom. The first-order valence-corrected chi connectivity index (χ1v) is 9.30. The van der Waals surface area contributed by atoms with Crippen LogP contribution in [0.15, 0.2) is 65.8 Å². The topological polar surface area (TPSA) is 73.2 Å². The number of sulfonamides is 1. The first-order chi connectivity index (χ1) is 12.0. The van der Waals surface area contributed by atoms with Crippen molar-refractivity contribution in [3.05, 3.63) is 60.9 Å². The Balaban J connectivity index is 1.98. The number of ether oxygens (including phenoxy) is 1. The Morgan fingerprint density at radius 1 is 1.12 bits per heavy atom. The van der Waals surface area contributed by atoms with Gasteiger partial charge < -0.3 is 4.74 Å². The van der Waals surface area contributed by atoms with E-state index >= 15 is 0 Å². The van der Waals surface area contributed by atoms with Gasteiger partial charge in [0.05, 0.1) is 19.0 Å². The van der Waals surface area contributed by atoms with Gasteiger partial charge in [0.2, 0.25) is 0 Å². The third-order valence-electron chi connectivity index (χ3n) is 3.79. The molecule has 0 unspecified atom stereocenters. The van der Waals surface area contributed by atoms with Crippen molar-refractivity contribution in [2.24, 2.45) is 0 Å². The third-order valence-corrected chi connectivity index (χ3v) is 5.11. The summed E-state index contributed by atoms with van der Waals surface area (Å²) in [6.07, 6.45) is 2.83. The van der Waals surface area contributed by atoms with E-state index in [2.05, 4.69) is 9.82 Å². The van der Waals surface area contributed by atoms with Crippen LogP contribution >= 0.6 is 0 Å². The fourth-order valence-electron chi connectivity index (χ4n) is 2.46. The van der Waals surface area contributed by atoms with Crippen LogP contribution in [0, 0.1) is 0 Å². The summed E-state index contributed by atoms with van der Waals surface area (Å²) in [5.41, 5.74) is 2.26. The fraction of sp³-hybridized carbons (Fsp3) is 0.167. The lowest BCUT2D eigenvalue weighted by Gasteiger charge is -2.13. The van der Waals surface area contributed by atoms with Gasteiger partial charge in [0, 0.05) is 12.7 Å². The quantitative estimate of drug-likeness (QED) is 0.734. The highest BCUT2D eigenvalue weighted by Crippen LogP contribution is 2.32. The summed E-state index contributed by atoms with van der Waals surface area (Å²) < 4.78 is 34.7. The van der Waals surface area contributed by atoms with Crippen molar-refractivity contribution in [3.63, 3.8) is 0 Å². The fourth-order valence-corrected chi connectivity index (χ4v) is 3.47. The number of hydrogen-bond donors (Lipinski definition) is 1. The minimum atomic E-state index is -3.75. The van der Waals surface area contributed by atoms with Crippen LogP contribution in [0.25, 0.3) is 11.1 Å². The summed E-state index contributed by atoms with van der Waals surface area (Å²) in [5.74, 6) is 0.450. The summed E-state index contributed by atoms with van der Waals surface area (Å²) in [7, 11) is -2.24. The predicted octanol–water partition coefficient (Wildman–Crippen LogP) is 3.38. The summed E-state index contributed by atoms with van der Waals surface area (Å²) in [5, 5.41) is 4.02. The van der Waals surface area contributed by atoms with E-state index in [1.54, 1.807) is 16.8 Å². The zero-order chi connectivity index (χ0) is 17.9. The van der Waals surface area contributed by atoms with Crippen molar-refractivity contribution in [3.8, 4) is 16.9 Å². The highest BCUT2D eigenvalue weighted by Gasteiger charge is 2.19. The molecule has 0 fully saturated rings. The lowest BCUT2D eigenvalue weighted by atomic mass is 10.1. The molecule has 0 saturated carbocycles. The van der Waals surface area contributed by atoms with Gasteiger partial charge in [-0.3, -0.25) is 9.40 Å². The molecule has 1 aromatic heterocycles. The van der Waals surface area contributed by atoms with E-state index in [1.165, 1.54) is 19.5 Å². The SMILES string of the molecule is CCn1cc(S(=O)(=O)Nc2cc(-c3ccccc3)ccc2OC)cn1. The minimum absolute atomic E-state index is 0.113. The normalized spacial score (nSPS) is 11.3. The molecule has 130 valence electrons. The summed E-state index contributed by atoms with van der Waals surface area (Å²) >= 11 is 0. The number of rotatable bonds is 6. The Bertz CT molecular complexity index is 966. The summed E-state index contributed by atoms with van der Waals surface area (Å²) in [6, 6.07) is 15.1. The van der Waals surface area contributed by atoms with Gasteiger partial charge in [0.15, 0.2) is 0 Å². The van der Waals surface area contributed by atoms with Gasteiger partial charge in [-0.25, -0.2) is 8.42 Å². The maximum absolute atomic E-state index is 12.6. The van der Waals surface area contributed by atoms with Crippen LogP contribution < -0.4 is 9.46 Å². The van der Waals surface area contributed by atoms with Gasteiger partial charge in [-0.15, -0.1) is 0 Å². The van der Waals surface area contributed by atoms with Gasteiger partial charge in [-0.1, -0.05) is 36.4 Å². The Morgan fingerprint density at radius 2 is 1.88 bits per heavy atom. The molecule has 0 spiro atoms. The van der Waals surface area contributed by atoms with Crippen LogP contribution in [-0.2, 0) is 16.6 Å². The van der Waals surface area contributed by atoms with E-state index in [4.69, 9.17) is 4.74 Å². The number of nitrogens with zero attached hydrogens (tertiary/aromatic N) is 2. The molecule has 25 heavy (non-hydrogen) atoms. The van der Waals surface area contributed by atoms with E-state index in [0.29, 0.717) is 18.0 Å². The predicted molar refractivity (Wildman–Crippen MR) is 97.1 cm³/mol. The molecule has 0 amide bonds. The van der Waals surface area contributed by atoms with Gasteiger partial charge >= 0.3 is 0 Å². The Labute approximate surface area is 147 Å². The molecule has 0 aliphatic rings.